The molecule has 1 saturated heterocycles. The maximum atomic E-state index is 5.23. The zero-order valence-electron chi connectivity index (χ0n) is 15.4. The highest BCUT2D eigenvalue weighted by Crippen LogP contribution is 2.31. The highest BCUT2D eigenvalue weighted by molar-refractivity contribution is 5.67. The Hall–Kier alpha value is -1.87. The SMILES string of the molecule is COc1ccc(-c2ccc3c(c2)CCC(N2CCCCC2)C3)c(C)n1. The molecule has 0 saturated carbocycles. The van der Waals surface area contributed by atoms with Gasteiger partial charge in [0.25, 0.3) is 0 Å². The van der Waals surface area contributed by atoms with Crippen LogP contribution in [0.4, 0.5) is 0 Å². The Morgan fingerprint density at radius 3 is 2.64 bits per heavy atom. The Morgan fingerprint density at radius 2 is 1.88 bits per heavy atom. The summed E-state index contributed by atoms with van der Waals surface area (Å²) < 4.78 is 5.23. The van der Waals surface area contributed by atoms with Gasteiger partial charge in [-0.1, -0.05) is 24.6 Å². The summed E-state index contributed by atoms with van der Waals surface area (Å²) in [5.74, 6) is 0.684. The summed E-state index contributed by atoms with van der Waals surface area (Å²) in [7, 11) is 1.67. The first-order chi connectivity index (χ1) is 12.2. The molecule has 2 aromatic rings. The van der Waals surface area contributed by atoms with E-state index in [1.54, 1.807) is 12.7 Å². The number of aryl methyl sites for hydroxylation is 2. The minimum absolute atomic E-state index is 0.684. The molecule has 0 N–H and O–H groups in total. The Kier molecular flexibility index (Phi) is 4.76. The summed E-state index contributed by atoms with van der Waals surface area (Å²) in [5.41, 5.74) is 6.59. The van der Waals surface area contributed by atoms with Gasteiger partial charge in [-0.25, -0.2) is 4.98 Å². The van der Waals surface area contributed by atoms with Gasteiger partial charge in [0, 0.05) is 23.4 Å². The highest BCUT2D eigenvalue weighted by atomic mass is 16.5. The van der Waals surface area contributed by atoms with Crippen molar-refractivity contribution < 1.29 is 4.74 Å². The van der Waals surface area contributed by atoms with Crippen LogP contribution in [0.5, 0.6) is 5.88 Å². The molecule has 3 nitrogen and oxygen atoms in total. The molecule has 0 bridgehead atoms. The molecule has 1 aliphatic carbocycles. The number of fused-ring (bicyclic) bond motifs is 1. The largest absolute Gasteiger partial charge is 0.481 e. The summed E-state index contributed by atoms with van der Waals surface area (Å²) in [6.07, 6.45) is 7.90. The monoisotopic (exact) mass is 336 g/mol. The molecular formula is C22H28N2O. The van der Waals surface area contributed by atoms with Crippen molar-refractivity contribution >= 4 is 0 Å². The maximum Gasteiger partial charge on any atom is 0.213 e. The van der Waals surface area contributed by atoms with Crippen LogP contribution in [0.3, 0.4) is 0 Å². The molecule has 0 radical (unpaired) electrons. The molecule has 3 heteroatoms. The van der Waals surface area contributed by atoms with E-state index in [0.717, 1.165) is 11.7 Å². The van der Waals surface area contributed by atoms with Crippen molar-refractivity contribution in [3.8, 4) is 17.0 Å². The molecule has 2 aliphatic rings. The lowest BCUT2D eigenvalue weighted by molar-refractivity contribution is 0.150. The van der Waals surface area contributed by atoms with Gasteiger partial charge in [0.1, 0.15) is 0 Å². The van der Waals surface area contributed by atoms with Crippen molar-refractivity contribution in [3.05, 3.63) is 47.2 Å². The number of hydrogen-bond acceptors (Lipinski definition) is 3. The molecule has 25 heavy (non-hydrogen) atoms. The first kappa shape index (κ1) is 16.6. The predicted octanol–water partition coefficient (Wildman–Crippen LogP) is 4.41. The second-order valence-corrected chi connectivity index (χ2v) is 7.46. The molecular weight excluding hydrogens is 308 g/mol. The van der Waals surface area contributed by atoms with E-state index in [4.69, 9.17) is 4.74 Å². The molecule has 1 aromatic carbocycles. The Labute approximate surface area is 151 Å². The van der Waals surface area contributed by atoms with E-state index >= 15 is 0 Å². The summed E-state index contributed by atoms with van der Waals surface area (Å²) in [5, 5.41) is 0. The number of methoxy groups -OCH3 is 1. The van der Waals surface area contributed by atoms with Crippen LogP contribution in [-0.4, -0.2) is 36.1 Å². The number of benzene rings is 1. The van der Waals surface area contributed by atoms with Crippen molar-refractivity contribution in [3.63, 3.8) is 0 Å². The van der Waals surface area contributed by atoms with Crippen molar-refractivity contribution in [1.82, 2.24) is 9.88 Å². The minimum Gasteiger partial charge on any atom is -0.481 e. The summed E-state index contributed by atoms with van der Waals surface area (Å²) in [6.45, 7) is 4.66. The first-order valence-corrected chi connectivity index (χ1v) is 9.62. The Bertz CT molecular complexity index is 750. The molecule has 4 rings (SSSR count). The van der Waals surface area contributed by atoms with Gasteiger partial charge in [0.15, 0.2) is 0 Å². The van der Waals surface area contributed by atoms with Crippen LogP contribution in [-0.2, 0) is 12.8 Å². The first-order valence-electron chi connectivity index (χ1n) is 9.62. The van der Waals surface area contributed by atoms with Crippen LogP contribution in [0, 0.1) is 6.92 Å². The van der Waals surface area contributed by atoms with Crippen LogP contribution >= 0.6 is 0 Å². The number of nitrogens with zero attached hydrogens (tertiary/aromatic N) is 2. The normalized spacial score (nSPS) is 21.0. The van der Waals surface area contributed by atoms with Gasteiger partial charge in [-0.05, 0) is 74.9 Å². The highest BCUT2D eigenvalue weighted by Gasteiger charge is 2.25. The lowest BCUT2D eigenvalue weighted by Gasteiger charge is -2.37. The number of hydrogen-bond donors (Lipinski definition) is 0. The fourth-order valence-corrected chi connectivity index (χ4v) is 4.46. The molecule has 1 fully saturated rings. The van der Waals surface area contributed by atoms with Crippen molar-refractivity contribution in [2.45, 2.75) is 51.5 Å². The summed E-state index contributed by atoms with van der Waals surface area (Å²) >= 11 is 0. The van der Waals surface area contributed by atoms with Crippen LogP contribution < -0.4 is 4.74 Å². The second kappa shape index (κ2) is 7.17. The average molecular weight is 336 g/mol. The van der Waals surface area contributed by atoms with Gasteiger partial charge in [-0.3, -0.25) is 0 Å². The van der Waals surface area contributed by atoms with E-state index < -0.39 is 0 Å². The summed E-state index contributed by atoms with van der Waals surface area (Å²) in [4.78, 5) is 7.26. The quantitative estimate of drug-likeness (QED) is 0.830. The van der Waals surface area contributed by atoms with Crippen molar-refractivity contribution in [2.75, 3.05) is 20.2 Å². The molecule has 2 heterocycles. The third-order valence-corrected chi connectivity index (χ3v) is 5.90. The molecule has 1 atom stereocenters. The Balaban J connectivity index is 1.55. The minimum atomic E-state index is 0.684. The van der Waals surface area contributed by atoms with E-state index in [1.165, 1.54) is 68.3 Å². The summed E-state index contributed by atoms with van der Waals surface area (Å²) in [6, 6.07) is 11.8. The number of rotatable bonds is 3. The van der Waals surface area contributed by atoms with Crippen molar-refractivity contribution in [2.24, 2.45) is 0 Å². The fourth-order valence-electron chi connectivity index (χ4n) is 4.46. The van der Waals surface area contributed by atoms with Crippen LogP contribution in [0.2, 0.25) is 0 Å². The van der Waals surface area contributed by atoms with Gasteiger partial charge in [-0.2, -0.15) is 0 Å². The molecule has 1 aromatic heterocycles. The number of likely N-dealkylation sites (tertiary alicyclic amines) is 1. The smallest absolute Gasteiger partial charge is 0.213 e. The maximum absolute atomic E-state index is 5.23. The van der Waals surface area contributed by atoms with Gasteiger partial charge in [0.2, 0.25) is 5.88 Å². The van der Waals surface area contributed by atoms with E-state index in [-0.39, 0.29) is 0 Å². The second-order valence-electron chi connectivity index (χ2n) is 7.46. The van der Waals surface area contributed by atoms with Gasteiger partial charge >= 0.3 is 0 Å². The topological polar surface area (TPSA) is 25.4 Å². The standard InChI is InChI=1S/C22H28N2O/c1-16-21(10-11-22(23-16)25-2)19-7-6-18-15-20(9-8-17(18)14-19)24-12-4-3-5-13-24/h6-7,10-11,14,20H,3-5,8-9,12-13,15H2,1-2H3. The Morgan fingerprint density at radius 1 is 1.04 bits per heavy atom. The zero-order valence-corrected chi connectivity index (χ0v) is 15.4. The number of ether oxygens (including phenoxy) is 1. The van der Waals surface area contributed by atoms with E-state index in [9.17, 15) is 0 Å². The number of piperidine rings is 1. The predicted molar refractivity (Wildman–Crippen MR) is 102 cm³/mol. The third-order valence-electron chi connectivity index (χ3n) is 5.90. The lowest BCUT2D eigenvalue weighted by atomic mass is 9.85. The van der Waals surface area contributed by atoms with E-state index in [2.05, 4.69) is 41.1 Å². The molecule has 1 aliphatic heterocycles. The van der Waals surface area contributed by atoms with E-state index in [1.807, 2.05) is 6.07 Å². The van der Waals surface area contributed by atoms with Gasteiger partial charge < -0.3 is 9.64 Å². The van der Waals surface area contributed by atoms with Crippen LogP contribution in [0.1, 0.15) is 42.5 Å². The molecule has 0 amide bonds. The van der Waals surface area contributed by atoms with Crippen LogP contribution in [0.15, 0.2) is 30.3 Å². The van der Waals surface area contributed by atoms with Crippen molar-refractivity contribution in [1.29, 1.82) is 0 Å². The average Bonchev–Trinajstić information content (AvgIpc) is 2.67. The number of aromatic nitrogens is 1. The van der Waals surface area contributed by atoms with Crippen LogP contribution in [0.25, 0.3) is 11.1 Å². The van der Waals surface area contributed by atoms with Gasteiger partial charge in [-0.15, -0.1) is 0 Å². The molecule has 1 unspecified atom stereocenters. The lowest BCUT2D eigenvalue weighted by Crippen LogP contribution is -2.42. The van der Waals surface area contributed by atoms with E-state index in [0.29, 0.717) is 5.88 Å². The number of pyridine rings is 1. The van der Waals surface area contributed by atoms with Gasteiger partial charge in [0.05, 0.1) is 7.11 Å². The fraction of sp³-hybridized carbons (Fsp3) is 0.500. The third kappa shape index (κ3) is 3.43. The molecule has 132 valence electrons. The zero-order chi connectivity index (χ0) is 17.2. The molecule has 0 spiro atoms.